The molecule has 3 rings (SSSR count). The number of aromatic nitrogens is 2. The topological polar surface area (TPSA) is 32.3 Å². The van der Waals surface area contributed by atoms with Crippen LogP contribution in [0.25, 0.3) is 0 Å². The summed E-state index contributed by atoms with van der Waals surface area (Å²) >= 11 is 0. The molecular weight excluding hydrogens is 272 g/mol. The van der Waals surface area contributed by atoms with Crippen molar-refractivity contribution in [1.82, 2.24) is 9.97 Å². The smallest absolute Gasteiger partial charge is 0.227 e. The van der Waals surface area contributed by atoms with Crippen molar-refractivity contribution >= 4 is 11.8 Å². The molecule has 0 amide bonds. The molecule has 1 heterocycles. The van der Waals surface area contributed by atoms with Crippen LogP contribution in [0.2, 0.25) is 0 Å². The third kappa shape index (κ3) is 2.78. The van der Waals surface area contributed by atoms with Gasteiger partial charge in [0, 0.05) is 40.2 Å². The molecule has 0 bridgehead atoms. The van der Waals surface area contributed by atoms with Crippen molar-refractivity contribution in [1.29, 1.82) is 0 Å². The van der Waals surface area contributed by atoms with Gasteiger partial charge in [-0.05, 0) is 24.3 Å². The van der Waals surface area contributed by atoms with E-state index in [1.54, 1.807) is 0 Å². The zero-order valence-electron chi connectivity index (χ0n) is 13.8. The molecule has 1 aliphatic carbocycles. The van der Waals surface area contributed by atoms with Crippen LogP contribution >= 0.6 is 0 Å². The summed E-state index contributed by atoms with van der Waals surface area (Å²) in [7, 11) is 8.05. The number of benzene rings is 1. The van der Waals surface area contributed by atoms with Gasteiger partial charge in [0.15, 0.2) is 0 Å². The number of anilines is 2. The fourth-order valence-corrected chi connectivity index (χ4v) is 3.01. The maximum Gasteiger partial charge on any atom is 0.227 e. The Bertz CT molecular complexity index is 611. The summed E-state index contributed by atoms with van der Waals surface area (Å²) in [6, 6.07) is 12.9. The quantitative estimate of drug-likeness (QED) is 0.867. The molecule has 4 nitrogen and oxygen atoms in total. The average molecular weight is 296 g/mol. The van der Waals surface area contributed by atoms with Crippen molar-refractivity contribution in [3.05, 3.63) is 47.7 Å². The highest BCUT2D eigenvalue weighted by Gasteiger charge is 2.34. The summed E-state index contributed by atoms with van der Waals surface area (Å²) in [5.41, 5.74) is 2.60. The zero-order valence-corrected chi connectivity index (χ0v) is 13.8. The van der Waals surface area contributed by atoms with Gasteiger partial charge in [-0.25, -0.2) is 4.98 Å². The Balaban J connectivity index is 1.94. The Labute approximate surface area is 132 Å². The molecule has 0 aliphatic heterocycles. The van der Waals surface area contributed by atoms with E-state index in [1.807, 2.05) is 38.0 Å². The Morgan fingerprint density at radius 1 is 0.864 bits per heavy atom. The van der Waals surface area contributed by atoms with Gasteiger partial charge in [-0.1, -0.05) is 30.3 Å². The maximum atomic E-state index is 4.80. The Morgan fingerprint density at radius 3 is 2.09 bits per heavy atom. The SMILES string of the molecule is CN(C)c1cc([C@H]2CCC2c2ccccc2)nc(N(C)C)n1. The molecule has 4 heteroatoms. The minimum absolute atomic E-state index is 0.503. The van der Waals surface area contributed by atoms with Crippen LogP contribution in [0.1, 0.15) is 35.9 Å². The third-order valence-corrected chi connectivity index (χ3v) is 4.46. The first-order chi connectivity index (χ1) is 10.6. The van der Waals surface area contributed by atoms with E-state index in [0.717, 1.165) is 11.8 Å². The first-order valence-electron chi connectivity index (χ1n) is 7.85. The Morgan fingerprint density at radius 2 is 1.55 bits per heavy atom. The van der Waals surface area contributed by atoms with Gasteiger partial charge < -0.3 is 9.80 Å². The van der Waals surface area contributed by atoms with E-state index in [-0.39, 0.29) is 0 Å². The fraction of sp³-hybridized carbons (Fsp3) is 0.444. The summed E-state index contributed by atoms with van der Waals surface area (Å²) in [4.78, 5) is 13.4. The minimum Gasteiger partial charge on any atom is -0.363 e. The Hall–Kier alpha value is -2.10. The van der Waals surface area contributed by atoms with E-state index < -0.39 is 0 Å². The molecule has 1 aliphatic rings. The van der Waals surface area contributed by atoms with Gasteiger partial charge in [0.2, 0.25) is 5.95 Å². The molecule has 1 fully saturated rings. The van der Waals surface area contributed by atoms with Crippen molar-refractivity contribution in [2.24, 2.45) is 0 Å². The van der Waals surface area contributed by atoms with Gasteiger partial charge in [0.1, 0.15) is 5.82 Å². The molecule has 0 spiro atoms. The zero-order chi connectivity index (χ0) is 15.7. The predicted molar refractivity (Wildman–Crippen MR) is 91.8 cm³/mol. The second kappa shape index (κ2) is 5.95. The van der Waals surface area contributed by atoms with E-state index in [1.165, 1.54) is 24.1 Å². The molecule has 1 aromatic heterocycles. The van der Waals surface area contributed by atoms with Gasteiger partial charge >= 0.3 is 0 Å². The first-order valence-corrected chi connectivity index (χ1v) is 7.85. The fourth-order valence-electron chi connectivity index (χ4n) is 3.01. The summed E-state index contributed by atoms with van der Waals surface area (Å²) < 4.78 is 0. The van der Waals surface area contributed by atoms with E-state index in [9.17, 15) is 0 Å². The lowest BCUT2D eigenvalue weighted by molar-refractivity contribution is 0.339. The standard InChI is InChI=1S/C18H24N4/c1-21(2)17-12-16(19-18(20-17)22(3)4)15-11-10-14(15)13-8-6-5-7-9-13/h5-9,12,14-15H,10-11H2,1-4H3/t14?,15-/m0/s1. The molecule has 1 aromatic carbocycles. The van der Waals surface area contributed by atoms with Crippen molar-refractivity contribution in [2.45, 2.75) is 24.7 Å². The van der Waals surface area contributed by atoms with Gasteiger partial charge in [-0.15, -0.1) is 0 Å². The van der Waals surface area contributed by atoms with Crippen molar-refractivity contribution < 1.29 is 0 Å². The number of rotatable bonds is 4. The van der Waals surface area contributed by atoms with Crippen molar-refractivity contribution in [2.75, 3.05) is 38.0 Å². The largest absolute Gasteiger partial charge is 0.363 e. The van der Waals surface area contributed by atoms with E-state index in [4.69, 9.17) is 4.98 Å². The van der Waals surface area contributed by atoms with Crippen LogP contribution in [0, 0.1) is 0 Å². The summed E-state index contributed by atoms with van der Waals surface area (Å²) in [5, 5.41) is 0. The van der Waals surface area contributed by atoms with Crippen LogP contribution in [-0.2, 0) is 0 Å². The maximum absolute atomic E-state index is 4.80. The number of hydrogen-bond donors (Lipinski definition) is 0. The normalized spacial score (nSPS) is 20.4. The van der Waals surface area contributed by atoms with Gasteiger partial charge in [0.05, 0.1) is 5.69 Å². The van der Waals surface area contributed by atoms with Crippen LogP contribution in [0.3, 0.4) is 0 Å². The van der Waals surface area contributed by atoms with E-state index >= 15 is 0 Å². The minimum atomic E-state index is 0.503. The van der Waals surface area contributed by atoms with Crippen LogP contribution in [0.4, 0.5) is 11.8 Å². The third-order valence-electron chi connectivity index (χ3n) is 4.46. The lowest BCUT2D eigenvalue weighted by atomic mass is 9.68. The molecule has 22 heavy (non-hydrogen) atoms. The molecule has 0 N–H and O–H groups in total. The molecule has 1 unspecified atom stereocenters. The van der Waals surface area contributed by atoms with Crippen LogP contribution in [0.15, 0.2) is 36.4 Å². The second-order valence-electron chi connectivity index (χ2n) is 6.44. The summed E-state index contributed by atoms with van der Waals surface area (Å²) in [6.45, 7) is 0. The summed E-state index contributed by atoms with van der Waals surface area (Å²) in [5.74, 6) is 2.86. The summed E-state index contributed by atoms with van der Waals surface area (Å²) in [6.07, 6.45) is 2.45. The van der Waals surface area contributed by atoms with Crippen LogP contribution in [-0.4, -0.2) is 38.2 Å². The first kappa shape index (κ1) is 14.8. The molecule has 0 radical (unpaired) electrons. The van der Waals surface area contributed by atoms with Gasteiger partial charge in [-0.3, -0.25) is 0 Å². The highest BCUT2D eigenvalue weighted by Crippen LogP contribution is 2.48. The van der Waals surface area contributed by atoms with Crippen LogP contribution < -0.4 is 9.80 Å². The predicted octanol–water partition coefficient (Wildman–Crippen LogP) is 3.27. The molecule has 116 valence electrons. The van der Waals surface area contributed by atoms with E-state index in [0.29, 0.717) is 11.8 Å². The van der Waals surface area contributed by atoms with Gasteiger partial charge in [0.25, 0.3) is 0 Å². The highest BCUT2D eigenvalue weighted by atomic mass is 15.3. The lowest BCUT2D eigenvalue weighted by Crippen LogP contribution is -2.25. The monoisotopic (exact) mass is 296 g/mol. The molecule has 2 aromatic rings. The second-order valence-corrected chi connectivity index (χ2v) is 6.44. The molecular formula is C18H24N4. The Kier molecular flexibility index (Phi) is 4.01. The molecule has 0 saturated heterocycles. The van der Waals surface area contributed by atoms with E-state index in [2.05, 4.69) is 41.4 Å². The molecule has 1 saturated carbocycles. The lowest BCUT2D eigenvalue weighted by Gasteiger charge is -2.37. The number of hydrogen-bond acceptors (Lipinski definition) is 4. The van der Waals surface area contributed by atoms with Crippen molar-refractivity contribution in [3.8, 4) is 0 Å². The molecule has 2 atom stereocenters. The van der Waals surface area contributed by atoms with Crippen LogP contribution in [0.5, 0.6) is 0 Å². The average Bonchev–Trinajstić information content (AvgIpc) is 2.46. The number of nitrogens with zero attached hydrogens (tertiary/aromatic N) is 4. The van der Waals surface area contributed by atoms with Gasteiger partial charge in [-0.2, -0.15) is 4.98 Å². The highest BCUT2D eigenvalue weighted by molar-refractivity contribution is 5.46. The van der Waals surface area contributed by atoms with Crippen molar-refractivity contribution in [3.63, 3.8) is 0 Å².